The molecule has 1 aromatic carbocycles. The van der Waals surface area contributed by atoms with Crippen molar-refractivity contribution in [2.24, 2.45) is 0 Å². The minimum Gasteiger partial charge on any atom is -0.496 e. The molecule has 0 aromatic heterocycles. The number of ether oxygens (including phenoxy) is 1. The van der Waals surface area contributed by atoms with Gasteiger partial charge in [-0.05, 0) is 43.5 Å². The molecule has 0 heterocycles. The Morgan fingerprint density at radius 1 is 1.25 bits per heavy atom. The monoisotopic (exact) mass is 297 g/mol. The molecule has 0 fully saturated rings. The number of rotatable bonds is 6. The van der Waals surface area contributed by atoms with Crippen LogP contribution in [0.1, 0.15) is 16.7 Å². The van der Waals surface area contributed by atoms with Crippen LogP contribution in [0.25, 0.3) is 0 Å². The highest BCUT2D eigenvalue weighted by molar-refractivity contribution is 8.00. The lowest BCUT2D eigenvalue weighted by atomic mass is 10.0. The molecule has 0 aliphatic heterocycles. The van der Waals surface area contributed by atoms with E-state index in [1.165, 1.54) is 0 Å². The summed E-state index contributed by atoms with van der Waals surface area (Å²) in [5, 5.41) is 11.4. The predicted octanol–water partition coefficient (Wildman–Crippen LogP) is 2.38. The maximum Gasteiger partial charge on any atom is 0.313 e. The number of carboxylic acids is 1. The lowest BCUT2D eigenvalue weighted by molar-refractivity contribution is -0.133. The summed E-state index contributed by atoms with van der Waals surface area (Å²) < 4.78 is 5.28. The van der Waals surface area contributed by atoms with Gasteiger partial charge in [0, 0.05) is 5.69 Å². The van der Waals surface area contributed by atoms with E-state index >= 15 is 0 Å². The van der Waals surface area contributed by atoms with Gasteiger partial charge < -0.3 is 15.2 Å². The molecule has 20 heavy (non-hydrogen) atoms. The first-order valence-corrected chi connectivity index (χ1v) is 7.26. The lowest BCUT2D eigenvalue weighted by Crippen LogP contribution is -2.17. The number of hydrogen-bond acceptors (Lipinski definition) is 4. The van der Waals surface area contributed by atoms with Crippen molar-refractivity contribution >= 4 is 29.3 Å². The van der Waals surface area contributed by atoms with Gasteiger partial charge >= 0.3 is 5.97 Å². The van der Waals surface area contributed by atoms with Crippen molar-refractivity contribution in [1.82, 2.24) is 0 Å². The first-order valence-electron chi connectivity index (χ1n) is 6.11. The van der Waals surface area contributed by atoms with Gasteiger partial charge in [0.05, 0.1) is 18.6 Å². The average molecular weight is 297 g/mol. The summed E-state index contributed by atoms with van der Waals surface area (Å²) in [6.45, 7) is 5.75. The molecule has 1 aromatic rings. The van der Waals surface area contributed by atoms with Gasteiger partial charge in [0.1, 0.15) is 5.75 Å². The van der Waals surface area contributed by atoms with Gasteiger partial charge in [-0.3, -0.25) is 9.59 Å². The summed E-state index contributed by atoms with van der Waals surface area (Å²) in [5.41, 5.74) is 3.62. The minimum absolute atomic E-state index is 0.0764. The second kappa shape index (κ2) is 7.19. The molecule has 110 valence electrons. The maximum absolute atomic E-state index is 11.8. The smallest absolute Gasteiger partial charge is 0.313 e. The van der Waals surface area contributed by atoms with Crippen molar-refractivity contribution in [3.63, 3.8) is 0 Å². The Bertz CT molecular complexity index is 528. The van der Waals surface area contributed by atoms with E-state index in [9.17, 15) is 9.59 Å². The number of carboxylic acid groups (broad SMARTS) is 1. The Morgan fingerprint density at radius 3 is 2.45 bits per heavy atom. The van der Waals surface area contributed by atoms with Crippen molar-refractivity contribution in [3.8, 4) is 5.75 Å². The average Bonchev–Trinajstić information content (AvgIpc) is 2.38. The number of carbonyl (C=O) groups is 2. The van der Waals surface area contributed by atoms with Crippen molar-refractivity contribution in [1.29, 1.82) is 0 Å². The third-order valence-electron chi connectivity index (χ3n) is 2.99. The van der Waals surface area contributed by atoms with Gasteiger partial charge in [0.15, 0.2) is 0 Å². The molecule has 0 saturated carbocycles. The summed E-state index contributed by atoms with van der Waals surface area (Å²) in [4.78, 5) is 22.2. The van der Waals surface area contributed by atoms with E-state index in [1.54, 1.807) is 7.11 Å². The number of hydrogen-bond donors (Lipinski definition) is 2. The van der Waals surface area contributed by atoms with Crippen LogP contribution in [0, 0.1) is 20.8 Å². The zero-order valence-electron chi connectivity index (χ0n) is 12.1. The first-order chi connectivity index (χ1) is 9.36. The second-order valence-electron chi connectivity index (χ2n) is 4.46. The van der Waals surface area contributed by atoms with Gasteiger partial charge in [0.25, 0.3) is 0 Å². The van der Waals surface area contributed by atoms with E-state index in [1.807, 2.05) is 26.8 Å². The summed E-state index contributed by atoms with van der Waals surface area (Å²) in [6, 6.07) is 1.88. The van der Waals surface area contributed by atoms with E-state index in [-0.39, 0.29) is 17.4 Å². The molecule has 0 spiro atoms. The lowest BCUT2D eigenvalue weighted by Gasteiger charge is -2.16. The van der Waals surface area contributed by atoms with Crippen LogP contribution in [0.4, 0.5) is 5.69 Å². The molecule has 1 amide bonds. The zero-order chi connectivity index (χ0) is 15.3. The fraction of sp³-hybridized carbons (Fsp3) is 0.429. The Kier molecular flexibility index (Phi) is 5.88. The highest BCUT2D eigenvalue weighted by atomic mass is 32.2. The largest absolute Gasteiger partial charge is 0.496 e. The van der Waals surface area contributed by atoms with Crippen LogP contribution in [-0.2, 0) is 9.59 Å². The molecule has 2 N–H and O–H groups in total. The molecule has 0 saturated heterocycles. The number of thioether (sulfide) groups is 1. The fourth-order valence-corrected chi connectivity index (χ4v) is 2.39. The molecule has 0 aliphatic rings. The van der Waals surface area contributed by atoms with Crippen LogP contribution >= 0.6 is 11.8 Å². The molecule has 0 radical (unpaired) electrons. The Hall–Kier alpha value is -1.69. The van der Waals surface area contributed by atoms with Gasteiger partial charge in [-0.15, -0.1) is 11.8 Å². The minimum atomic E-state index is -0.921. The number of anilines is 1. The number of aryl methyl sites for hydroxylation is 1. The zero-order valence-corrected chi connectivity index (χ0v) is 12.9. The van der Waals surface area contributed by atoms with Crippen LogP contribution in [0.3, 0.4) is 0 Å². The quantitative estimate of drug-likeness (QED) is 0.843. The van der Waals surface area contributed by atoms with Gasteiger partial charge in [-0.2, -0.15) is 0 Å². The van der Waals surface area contributed by atoms with Crippen LogP contribution < -0.4 is 10.1 Å². The predicted molar refractivity (Wildman–Crippen MR) is 80.8 cm³/mol. The Morgan fingerprint density at radius 2 is 1.90 bits per heavy atom. The first kappa shape index (κ1) is 16.4. The van der Waals surface area contributed by atoms with Crippen LogP contribution in [-0.4, -0.2) is 35.6 Å². The third kappa shape index (κ3) is 4.16. The molecule has 6 heteroatoms. The highest BCUT2D eigenvalue weighted by Crippen LogP contribution is 2.31. The number of benzene rings is 1. The van der Waals surface area contributed by atoms with Gasteiger partial charge in [-0.25, -0.2) is 0 Å². The van der Waals surface area contributed by atoms with Crippen LogP contribution in [0.15, 0.2) is 6.07 Å². The van der Waals surface area contributed by atoms with E-state index < -0.39 is 5.97 Å². The van der Waals surface area contributed by atoms with Crippen LogP contribution in [0.2, 0.25) is 0 Å². The molecule has 1 rings (SSSR count). The Balaban J connectivity index is 2.80. The number of carbonyl (C=O) groups excluding carboxylic acids is 1. The van der Waals surface area contributed by atoms with E-state index in [4.69, 9.17) is 9.84 Å². The van der Waals surface area contributed by atoms with E-state index in [0.717, 1.165) is 39.9 Å². The fourth-order valence-electron chi connectivity index (χ4n) is 1.86. The molecule has 5 nitrogen and oxygen atoms in total. The summed E-state index contributed by atoms with van der Waals surface area (Å²) >= 11 is 1.08. The highest BCUT2D eigenvalue weighted by Gasteiger charge is 2.13. The second-order valence-corrected chi connectivity index (χ2v) is 5.44. The SMILES string of the molecule is COc1cc(C)c(NC(=O)CSCC(=O)O)c(C)c1C. The summed E-state index contributed by atoms with van der Waals surface area (Å²) in [6.07, 6.45) is 0. The topological polar surface area (TPSA) is 75.6 Å². The molecule has 0 aliphatic carbocycles. The number of methoxy groups -OCH3 is 1. The maximum atomic E-state index is 11.8. The molecule has 0 bridgehead atoms. The molecular formula is C14H19NO4S. The third-order valence-corrected chi connectivity index (χ3v) is 3.91. The van der Waals surface area contributed by atoms with Crippen molar-refractivity contribution in [2.45, 2.75) is 20.8 Å². The molecular weight excluding hydrogens is 278 g/mol. The molecule has 0 atom stereocenters. The van der Waals surface area contributed by atoms with Crippen LogP contribution in [0.5, 0.6) is 5.75 Å². The molecule has 0 unspecified atom stereocenters. The van der Waals surface area contributed by atoms with Crippen molar-refractivity contribution in [2.75, 3.05) is 23.9 Å². The normalized spacial score (nSPS) is 10.2. The number of aliphatic carboxylic acids is 1. The Labute approximate surface area is 122 Å². The number of amides is 1. The summed E-state index contributed by atoms with van der Waals surface area (Å²) in [7, 11) is 1.61. The van der Waals surface area contributed by atoms with Gasteiger partial charge in [0.2, 0.25) is 5.91 Å². The standard InChI is InChI=1S/C14H19NO4S/c1-8-5-11(19-4)9(2)10(3)14(8)15-12(16)6-20-7-13(17)18/h5H,6-7H2,1-4H3,(H,15,16)(H,17,18). The van der Waals surface area contributed by atoms with Gasteiger partial charge in [-0.1, -0.05) is 0 Å². The van der Waals surface area contributed by atoms with Crippen molar-refractivity contribution in [3.05, 3.63) is 22.8 Å². The van der Waals surface area contributed by atoms with E-state index in [0.29, 0.717) is 0 Å². The van der Waals surface area contributed by atoms with E-state index in [2.05, 4.69) is 5.32 Å². The number of nitrogens with one attached hydrogen (secondary N) is 1. The summed E-state index contributed by atoms with van der Waals surface area (Å²) in [5.74, 6) is -0.288. The van der Waals surface area contributed by atoms with Crippen molar-refractivity contribution < 1.29 is 19.4 Å².